The highest BCUT2D eigenvalue weighted by Gasteiger charge is 2.14. The van der Waals surface area contributed by atoms with E-state index in [1.165, 1.54) is 23.2 Å². The van der Waals surface area contributed by atoms with Crippen molar-refractivity contribution < 1.29 is 9.47 Å². The van der Waals surface area contributed by atoms with E-state index in [4.69, 9.17) is 9.47 Å². The number of guanidine groups is 1. The van der Waals surface area contributed by atoms with Crippen LogP contribution in [-0.4, -0.2) is 40.3 Å². The Morgan fingerprint density at radius 1 is 1.18 bits per heavy atom. The highest BCUT2D eigenvalue weighted by Crippen LogP contribution is 2.30. The zero-order valence-corrected chi connectivity index (χ0v) is 17.2. The maximum atomic E-state index is 5.65. The van der Waals surface area contributed by atoms with Gasteiger partial charge in [0.2, 0.25) is 0 Å². The topological polar surface area (TPSA) is 58.1 Å². The fourth-order valence-corrected chi connectivity index (χ4v) is 3.47. The number of hydrogen-bond donors (Lipinski definition) is 2. The third kappa shape index (κ3) is 4.68. The molecule has 6 nitrogen and oxygen atoms in total. The molecule has 2 aromatic carbocycles. The molecule has 0 spiro atoms. The Morgan fingerprint density at radius 2 is 2.04 bits per heavy atom. The van der Waals surface area contributed by atoms with Crippen LogP contribution in [0.3, 0.4) is 0 Å². The summed E-state index contributed by atoms with van der Waals surface area (Å²) in [5.41, 5.74) is 4.91. The first-order valence-corrected chi connectivity index (χ1v) is 9.76. The molecular weight excluding hydrogens is 352 g/mol. The number of rotatable bonds is 6. The fraction of sp³-hybridized carbons (Fsp3) is 0.409. The van der Waals surface area contributed by atoms with Crippen molar-refractivity contribution in [2.24, 2.45) is 4.99 Å². The second-order valence-electron chi connectivity index (χ2n) is 6.84. The number of fused-ring (bicyclic) bond motifs is 1. The molecule has 6 heteroatoms. The van der Waals surface area contributed by atoms with Crippen LogP contribution in [0, 0.1) is 0 Å². The van der Waals surface area contributed by atoms with Crippen molar-refractivity contribution in [3.63, 3.8) is 0 Å². The zero-order valence-electron chi connectivity index (χ0n) is 17.2. The lowest BCUT2D eigenvalue weighted by molar-refractivity contribution is 0.311. The van der Waals surface area contributed by atoms with Crippen LogP contribution in [-0.2, 0) is 13.0 Å². The molecule has 150 valence electrons. The van der Waals surface area contributed by atoms with Crippen molar-refractivity contribution in [2.45, 2.75) is 26.3 Å². The van der Waals surface area contributed by atoms with Gasteiger partial charge in [-0.05, 0) is 49.1 Å². The van der Waals surface area contributed by atoms with E-state index in [9.17, 15) is 0 Å². The molecule has 1 aliphatic rings. The molecule has 1 aliphatic heterocycles. The van der Waals surface area contributed by atoms with Crippen LogP contribution < -0.4 is 25.0 Å². The smallest absolute Gasteiger partial charge is 0.195 e. The summed E-state index contributed by atoms with van der Waals surface area (Å²) in [7, 11) is 5.57. The highest BCUT2D eigenvalue weighted by atomic mass is 16.5. The fourth-order valence-electron chi connectivity index (χ4n) is 3.47. The van der Waals surface area contributed by atoms with Crippen molar-refractivity contribution >= 4 is 17.3 Å². The molecule has 0 bridgehead atoms. The number of methoxy groups -OCH3 is 1. The lowest BCUT2D eigenvalue weighted by Crippen LogP contribution is -2.30. The van der Waals surface area contributed by atoms with Gasteiger partial charge in [0.05, 0.1) is 13.7 Å². The van der Waals surface area contributed by atoms with Gasteiger partial charge >= 0.3 is 0 Å². The molecule has 3 rings (SSSR count). The molecule has 0 radical (unpaired) electrons. The largest absolute Gasteiger partial charge is 0.493 e. The Hall–Kier alpha value is -2.89. The first-order chi connectivity index (χ1) is 13.6. The van der Waals surface area contributed by atoms with Crippen LogP contribution in [0.5, 0.6) is 11.5 Å². The summed E-state index contributed by atoms with van der Waals surface area (Å²) in [4.78, 5) is 6.66. The van der Waals surface area contributed by atoms with Gasteiger partial charge < -0.3 is 25.0 Å². The number of anilines is 2. The lowest BCUT2D eigenvalue weighted by atomic mass is 9.99. The number of nitrogens with zero attached hydrogens (tertiary/aromatic N) is 2. The molecule has 0 saturated heterocycles. The third-order valence-corrected chi connectivity index (χ3v) is 4.90. The SMILES string of the molecule is CCOc1cc(NC(=NC)NCc2ccc3c(c2)CCCN3C)ccc1OC. The molecule has 1 heterocycles. The van der Waals surface area contributed by atoms with Gasteiger partial charge in [-0.3, -0.25) is 4.99 Å². The van der Waals surface area contributed by atoms with E-state index >= 15 is 0 Å². The van der Waals surface area contributed by atoms with Gasteiger partial charge in [0, 0.05) is 44.6 Å². The van der Waals surface area contributed by atoms with Crippen molar-refractivity contribution in [3.8, 4) is 11.5 Å². The highest BCUT2D eigenvalue weighted by molar-refractivity contribution is 5.93. The van der Waals surface area contributed by atoms with E-state index in [-0.39, 0.29) is 0 Å². The average molecular weight is 383 g/mol. The van der Waals surface area contributed by atoms with Crippen molar-refractivity contribution in [1.29, 1.82) is 0 Å². The number of benzene rings is 2. The quantitative estimate of drug-likeness (QED) is 0.590. The van der Waals surface area contributed by atoms with Crippen LogP contribution >= 0.6 is 0 Å². The van der Waals surface area contributed by atoms with Crippen LogP contribution in [0.4, 0.5) is 11.4 Å². The molecule has 2 N–H and O–H groups in total. The van der Waals surface area contributed by atoms with Gasteiger partial charge in [0.15, 0.2) is 17.5 Å². The maximum Gasteiger partial charge on any atom is 0.195 e. The van der Waals surface area contributed by atoms with E-state index in [2.05, 4.69) is 45.8 Å². The third-order valence-electron chi connectivity index (χ3n) is 4.90. The predicted octanol–water partition coefficient (Wildman–Crippen LogP) is 3.66. The van der Waals surface area contributed by atoms with E-state index in [0.717, 1.165) is 24.4 Å². The molecule has 0 aliphatic carbocycles. The second kappa shape index (κ2) is 9.35. The summed E-state index contributed by atoms with van der Waals surface area (Å²) in [5.74, 6) is 2.14. The maximum absolute atomic E-state index is 5.65. The van der Waals surface area contributed by atoms with Gasteiger partial charge in [0.1, 0.15) is 0 Å². The second-order valence-corrected chi connectivity index (χ2v) is 6.84. The predicted molar refractivity (Wildman–Crippen MR) is 116 cm³/mol. The van der Waals surface area contributed by atoms with E-state index in [1.54, 1.807) is 14.2 Å². The molecule has 0 amide bonds. The van der Waals surface area contributed by atoms with E-state index in [0.29, 0.717) is 24.9 Å². The van der Waals surface area contributed by atoms with Gasteiger partial charge in [-0.25, -0.2) is 0 Å². The summed E-state index contributed by atoms with van der Waals surface area (Å²) in [6, 6.07) is 12.5. The Balaban J connectivity index is 1.65. The van der Waals surface area contributed by atoms with E-state index in [1.807, 2.05) is 25.1 Å². The molecule has 0 unspecified atom stereocenters. The molecule has 2 aromatic rings. The summed E-state index contributed by atoms with van der Waals surface area (Å²) in [5, 5.41) is 6.70. The van der Waals surface area contributed by atoms with Crippen LogP contribution in [0.1, 0.15) is 24.5 Å². The van der Waals surface area contributed by atoms with E-state index < -0.39 is 0 Å². The minimum atomic E-state index is 0.584. The van der Waals surface area contributed by atoms with Crippen molar-refractivity contribution in [3.05, 3.63) is 47.5 Å². The first kappa shape index (κ1) is 19.9. The Labute approximate surface area is 167 Å². The molecule has 0 fully saturated rings. The van der Waals surface area contributed by atoms with Gasteiger partial charge in [-0.1, -0.05) is 12.1 Å². The number of aryl methyl sites for hydroxylation is 1. The summed E-state index contributed by atoms with van der Waals surface area (Å²) in [6.45, 7) is 4.38. The van der Waals surface area contributed by atoms with Crippen LogP contribution in [0.15, 0.2) is 41.4 Å². The first-order valence-electron chi connectivity index (χ1n) is 9.76. The number of hydrogen-bond acceptors (Lipinski definition) is 4. The zero-order chi connectivity index (χ0) is 19.9. The monoisotopic (exact) mass is 382 g/mol. The molecule has 28 heavy (non-hydrogen) atoms. The Bertz CT molecular complexity index is 835. The molecule has 0 aromatic heterocycles. The molecular formula is C22H30N4O2. The number of aliphatic imine (C=N–C) groups is 1. The minimum Gasteiger partial charge on any atom is -0.493 e. The summed E-state index contributed by atoms with van der Waals surface area (Å²) in [6.07, 6.45) is 2.36. The van der Waals surface area contributed by atoms with Crippen molar-refractivity contribution in [2.75, 3.05) is 44.6 Å². The summed E-state index contributed by atoms with van der Waals surface area (Å²) >= 11 is 0. The minimum absolute atomic E-state index is 0.584. The standard InChI is InChI=1S/C22H30N4O2/c1-5-28-21-14-18(9-11-20(21)27-4)25-22(23-2)24-15-16-8-10-19-17(13-16)7-6-12-26(19)3/h8-11,13-14H,5-7,12,15H2,1-4H3,(H2,23,24,25). The Morgan fingerprint density at radius 3 is 2.79 bits per heavy atom. The van der Waals surface area contributed by atoms with Gasteiger partial charge in [-0.2, -0.15) is 0 Å². The normalized spacial score (nSPS) is 13.7. The van der Waals surface area contributed by atoms with Crippen molar-refractivity contribution in [1.82, 2.24) is 5.32 Å². The Kier molecular flexibility index (Phi) is 6.63. The summed E-state index contributed by atoms with van der Waals surface area (Å²) < 4.78 is 11.0. The van der Waals surface area contributed by atoms with Crippen LogP contribution in [0.2, 0.25) is 0 Å². The van der Waals surface area contributed by atoms with Gasteiger partial charge in [0.25, 0.3) is 0 Å². The number of nitrogens with one attached hydrogen (secondary N) is 2. The average Bonchev–Trinajstić information content (AvgIpc) is 2.71. The van der Waals surface area contributed by atoms with Crippen LogP contribution in [0.25, 0.3) is 0 Å². The molecule has 0 saturated carbocycles. The number of ether oxygens (including phenoxy) is 2. The van der Waals surface area contributed by atoms with Gasteiger partial charge in [-0.15, -0.1) is 0 Å². The molecule has 0 atom stereocenters. The lowest BCUT2D eigenvalue weighted by Gasteiger charge is -2.28.